The van der Waals surface area contributed by atoms with E-state index in [0.29, 0.717) is 6.54 Å². The molecule has 0 unspecified atom stereocenters. The minimum absolute atomic E-state index is 0.627. The molecule has 0 bridgehead atoms. The molecular formula is C10H12ClN3S. The van der Waals surface area contributed by atoms with Crippen molar-refractivity contribution in [1.82, 2.24) is 9.78 Å². The Balaban J connectivity index is 2.35. The fourth-order valence-electron chi connectivity index (χ4n) is 1.48. The van der Waals surface area contributed by atoms with Gasteiger partial charge in [0, 0.05) is 13.5 Å². The van der Waals surface area contributed by atoms with Gasteiger partial charge in [-0.3, -0.25) is 4.68 Å². The van der Waals surface area contributed by atoms with Gasteiger partial charge in [0.05, 0.1) is 20.6 Å². The first-order valence-electron chi connectivity index (χ1n) is 4.69. The molecule has 0 saturated carbocycles. The first-order chi connectivity index (χ1) is 7.20. The standard InChI is InChI=1S/C10H12ClN3S/c1-14-8(6-7(13-14)4-5-12)9-2-3-10(11)15-9/h2-3,6H,4-5,12H2,1H3. The molecule has 0 aromatic carbocycles. The van der Waals surface area contributed by atoms with E-state index in [9.17, 15) is 0 Å². The van der Waals surface area contributed by atoms with Crippen LogP contribution >= 0.6 is 22.9 Å². The van der Waals surface area contributed by atoms with E-state index >= 15 is 0 Å². The van der Waals surface area contributed by atoms with E-state index in [1.54, 1.807) is 11.3 Å². The summed E-state index contributed by atoms with van der Waals surface area (Å²) in [5, 5.41) is 4.39. The van der Waals surface area contributed by atoms with Gasteiger partial charge in [-0.2, -0.15) is 5.10 Å². The normalized spacial score (nSPS) is 10.9. The van der Waals surface area contributed by atoms with Crippen LogP contribution in [0.15, 0.2) is 18.2 Å². The van der Waals surface area contributed by atoms with Gasteiger partial charge in [-0.1, -0.05) is 11.6 Å². The number of rotatable bonds is 3. The van der Waals surface area contributed by atoms with Gasteiger partial charge >= 0.3 is 0 Å². The summed E-state index contributed by atoms with van der Waals surface area (Å²) in [6.07, 6.45) is 0.812. The Morgan fingerprint density at radius 3 is 2.93 bits per heavy atom. The fourth-order valence-corrected chi connectivity index (χ4v) is 2.57. The van der Waals surface area contributed by atoms with Crippen molar-refractivity contribution >= 4 is 22.9 Å². The summed E-state index contributed by atoms with van der Waals surface area (Å²) in [5.74, 6) is 0. The van der Waals surface area contributed by atoms with Gasteiger partial charge in [-0.05, 0) is 24.7 Å². The molecule has 5 heteroatoms. The number of hydrogen-bond acceptors (Lipinski definition) is 3. The maximum atomic E-state index is 5.90. The summed E-state index contributed by atoms with van der Waals surface area (Å²) in [7, 11) is 1.93. The van der Waals surface area contributed by atoms with Crippen molar-refractivity contribution in [2.75, 3.05) is 6.54 Å². The van der Waals surface area contributed by atoms with E-state index in [2.05, 4.69) is 11.2 Å². The maximum Gasteiger partial charge on any atom is 0.0935 e. The lowest BCUT2D eigenvalue weighted by molar-refractivity contribution is 0.746. The highest BCUT2D eigenvalue weighted by molar-refractivity contribution is 7.19. The average Bonchev–Trinajstić information content (AvgIpc) is 2.73. The number of nitrogens with zero attached hydrogens (tertiary/aromatic N) is 2. The largest absolute Gasteiger partial charge is 0.330 e. The summed E-state index contributed by atoms with van der Waals surface area (Å²) >= 11 is 7.46. The van der Waals surface area contributed by atoms with Crippen LogP contribution in [-0.4, -0.2) is 16.3 Å². The van der Waals surface area contributed by atoms with Gasteiger partial charge in [0.2, 0.25) is 0 Å². The van der Waals surface area contributed by atoms with Crippen LogP contribution in [0.4, 0.5) is 0 Å². The summed E-state index contributed by atoms with van der Waals surface area (Å²) < 4.78 is 2.67. The van der Waals surface area contributed by atoms with Crippen molar-refractivity contribution in [3.63, 3.8) is 0 Å². The van der Waals surface area contributed by atoms with Crippen LogP contribution in [0.3, 0.4) is 0 Å². The summed E-state index contributed by atoms with van der Waals surface area (Å²) in [6.45, 7) is 0.627. The van der Waals surface area contributed by atoms with Gasteiger partial charge in [0.1, 0.15) is 0 Å². The van der Waals surface area contributed by atoms with Crippen molar-refractivity contribution in [3.05, 3.63) is 28.2 Å². The minimum atomic E-state index is 0.627. The molecule has 80 valence electrons. The Morgan fingerprint density at radius 2 is 2.33 bits per heavy atom. The molecule has 0 radical (unpaired) electrons. The second kappa shape index (κ2) is 4.35. The summed E-state index contributed by atoms with van der Waals surface area (Å²) in [5.41, 5.74) is 7.62. The molecule has 0 aliphatic heterocycles. The van der Waals surface area contributed by atoms with Crippen molar-refractivity contribution in [3.8, 4) is 10.6 Å². The second-order valence-electron chi connectivity index (χ2n) is 3.29. The zero-order valence-electron chi connectivity index (χ0n) is 8.40. The van der Waals surface area contributed by atoms with Crippen LogP contribution in [0, 0.1) is 0 Å². The molecule has 0 aliphatic rings. The molecule has 15 heavy (non-hydrogen) atoms. The summed E-state index contributed by atoms with van der Waals surface area (Å²) in [4.78, 5) is 1.14. The Bertz CT molecular complexity index is 461. The average molecular weight is 242 g/mol. The van der Waals surface area contributed by atoms with Crippen LogP contribution in [-0.2, 0) is 13.5 Å². The zero-order chi connectivity index (χ0) is 10.8. The Kier molecular flexibility index (Phi) is 3.09. The molecule has 2 heterocycles. The third-order valence-electron chi connectivity index (χ3n) is 2.16. The van der Waals surface area contributed by atoms with Crippen LogP contribution in [0.1, 0.15) is 5.69 Å². The number of hydrogen-bond donors (Lipinski definition) is 1. The smallest absolute Gasteiger partial charge is 0.0935 e. The van der Waals surface area contributed by atoms with E-state index < -0.39 is 0 Å². The number of halogens is 1. The number of thiophene rings is 1. The molecule has 2 N–H and O–H groups in total. The number of aryl methyl sites for hydroxylation is 1. The van der Waals surface area contributed by atoms with E-state index in [1.807, 2.05) is 23.9 Å². The van der Waals surface area contributed by atoms with Gasteiger partial charge in [0.15, 0.2) is 0 Å². The predicted octanol–water partition coefficient (Wildman–Crippen LogP) is 2.30. The highest BCUT2D eigenvalue weighted by Gasteiger charge is 2.08. The lowest BCUT2D eigenvalue weighted by Crippen LogP contribution is -2.03. The highest BCUT2D eigenvalue weighted by atomic mass is 35.5. The van der Waals surface area contributed by atoms with Crippen molar-refractivity contribution < 1.29 is 0 Å². The first kappa shape index (κ1) is 10.7. The fraction of sp³-hybridized carbons (Fsp3) is 0.300. The third-order valence-corrected chi connectivity index (χ3v) is 3.41. The van der Waals surface area contributed by atoms with Crippen LogP contribution in [0.25, 0.3) is 10.6 Å². The van der Waals surface area contributed by atoms with Gasteiger partial charge < -0.3 is 5.73 Å². The van der Waals surface area contributed by atoms with Crippen molar-refractivity contribution in [1.29, 1.82) is 0 Å². The zero-order valence-corrected chi connectivity index (χ0v) is 9.98. The maximum absolute atomic E-state index is 5.90. The summed E-state index contributed by atoms with van der Waals surface area (Å²) in [6, 6.07) is 5.97. The van der Waals surface area contributed by atoms with Crippen molar-refractivity contribution in [2.45, 2.75) is 6.42 Å². The molecule has 2 aromatic heterocycles. The van der Waals surface area contributed by atoms with Gasteiger partial charge in [-0.25, -0.2) is 0 Å². The van der Waals surface area contributed by atoms with E-state index in [4.69, 9.17) is 17.3 Å². The van der Waals surface area contributed by atoms with E-state index in [0.717, 1.165) is 27.0 Å². The van der Waals surface area contributed by atoms with Crippen molar-refractivity contribution in [2.24, 2.45) is 12.8 Å². The molecule has 0 spiro atoms. The highest BCUT2D eigenvalue weighted by Crippen LogP contribution is 2.30. The lowest BCUT2D eigenvalue weighted by Gasteiger charge is -1.95. The van der Waals surface area contributed by atoms with Gasteiger partial charge in [-0.15, -0.1) is 11.3 Å². The van der Waals surface area contributed by atoms with Gasteiger partial charge in [0.25, 0.3) is 0 Å². The molecule has 0 aliphatic carbocycles. The third kappa shape index (κ3) is 2.22. The number of aromatic nitrogens is 2. The molecular weight excluding hydrogens is 230 g/mol. The van der Waals surface area contributed by atoms with E-state index in [1.165, 1.54) is 0 Å². The topological polar surface area (TPSA) is 43.8 Å². The Hall–Kier alpha value is -0.840. The Labute approximate surface area is 97.5 Å². The minimum Gasteiger partial charge on any atom is -0.330 e. The molecule has 0 amide bonds. The SMILES string of the molecule is Cn1nc(CCN)cc1-c1ccc(Cl)s1. The molecule has 3 nitrogen and oxygen atoms in total. The van der Waals surface area contributed by atoms with Crippen LogP contribution in [0.2, 0.25) is 4.34 Å². The first-order valence-corrected chi connectivity index (χ1v) is 5.89. The molecule has 2 aromatic rings. The molecule has 0 saturated heterocycles. The van der Waals surface area contributed by atoms with Crippen LogP contribution in [0.5, 0.6) is 0 Å². The quantitative estimate of drug-likeness (QED) is 0.896. The lowest BCUT2D eigenvalue weighted by atomic mass is 10.2. The van der Waals surface area contributed by atoms with Crippen LogP contribution < -0.4 is 5.73 Å². The van der Waals surface area contributed by atoms with E-state index in [-0.39, 0.29) is 0 Å². The molecule has 0 fully saturated rings. The predicted molar refractivity (Wildman–Crippen MR) is 64.3 cm³/mol. The monoisotopic (exact) mass is 241 g/mol. The Morgan fingerprint density at radius 1 is 1.53 bits per heavy atom. The molecule has 0 atom stereocenters. The molecule has 2 rings (SSSR count). The second-order valence-corrected chi connectivity index (χ2v) is 5.00. The number of nitrogens with two attached hydrogens (primary N) is 1.